The number of nitrogens with two attached hydrogens (primary N) is 1. The first-order valence-electron chi connectivity index (χ1n) is 6.49. The largest absolute Gasteiger partial charge is 0.492 e. The van der Waals surface area contributed by atoms with Crippen molar-refractivity contribution in [2.45, 2.75) is 13.3 Å². The lowest BCUT2D eigenvalue weighted by atomic mass is 10.1. The number of benzene rings is 1. The summed E-state index contributed by atoms with van der Waals surface area (Å²) in [5.74, 6) is 0.461. The third kappa shape index (κ3) is 5.18. The summed E-state index contributed by atoms with van der Waals surface area (Å²) >= 11 is 0. The van der Waals surface area contributed by atoms with Crippen LogP contribution in [0.2, 0.25) is 0 Å². The van der Waals surface area contributed by atoms with Crippen LogP contribution in [-0.2, 0) is 0 Å². The molecule has 106 valence electrons. The Morgan fingerprint density at radius 2 is 2.16 bits per heavy atom. The molecule has 1 amide bonds. The van der Waals surface area contributed by atoms with E-state index in [4.69, 9.17) is 10.5 Å². The number of rotatable bonds is 7. The number of amides is 1. The lowest BCUT2D eigenvalue weighted by Gasteiger charge is -2.11. The summed E-state index contributed by atoms with van der Waals surface area (Å²) in [7, 11) is 4.02. The summed E-state index contributed by atoms with van der Waals surface area (Å²) in [5.41, 5.74) is 6.89. The van der Waals surface area contributed by atoms with Crippen molar-refractivity contribution >= 4 is 11.6 Å². The van der Waals surface area contributed by atoms with E-state index in [1.807, 2.05) is 21.0 Å². The van der Waals surface area contributed by atoms with Gasteiger partial charge in [0.2, 0.25) is 0 Å². The highest BCUT2D eigenvalue weighted by molar-refractivity contribution is 5.95. The quantitative estimate of drug-likeness (QED) is 0.577. The van der Waals surface area contributed by atoms with E-state index in [-0.39, 0.29) is 5.91 Å². The third-order valence-electron chi connectivity index (χ3n) is 2.64. The smallest absolute Gasteiger partial charge is 0.251 e. The Bertz CT molecular complexity index is 419. The zero-order chi connectivity index (χ0) is 14.3. The molecule has 0 bridgehead atoms. The SMILES string of the molecule is CCOc1cc(C(=O)NCCCN(C)C)ccc1N. The van der Waals surface area contributed by atoms with Crippen LogP contribution in [0.1, 0.15) is 23.7 Å². The Labute approximate surface area is 114 Å². The van der Waals surface area contributed by atoms with Gasteiger partial charge in [0.05, 0.1) is 12.3 Å². The molecule has 0 saturated heterocycles. The van der Waals surface area contributed by atoms with Crippen molar-refractivity contribution in [3.63, 3.8) is 0 Å². The highest BCUT2D eigenvalue weighted by Crippen LogP contribution is 2.22. The number of hydrogen-bond acceptors (Lipinski definition) is 4. The summed E-state index contributed by atoms with van der Waals surface area (Å²) in [6.45, 7) is 4.02. The molecule has 0 aliphatic rings. The van der Waals surface area contributed by atoms with Gasteiger partial charge < -0.3 is 20.7 Å². The van der Waals surface area contributed by atoms with Gasteiger partial charge in [0, 0.05) is 12.1 Å². The second-order valence-corrected chi connectivity index (χ2v) is 4.60. The standard InChI is InChI=1S/C14H23N3O2/c1-4-19-13-10-11(6-7-12(13)15)14(18)16-8-5-9-17(2)3/h6-7,10H,4-5,8-9,15H2,1-3H3,(H,16,18). The number of carbonyl (C=O) groups excluding carboxylic acids is 1. The van der Waals surface area contributed by atoms with Crippen LogP contribution in [0.15, 0.2) is 18.2 Å². The average Bonchev–Trinajstić information content (AvgIpc) is 2.37. The van der Waals surface area contributed by atoms with Crippen molar-refractivity contribution in [2.24, 2.45) is 0 Å². The fraction of sp³-hybridized carbons (Fsp3) is 0.500. The van der Waals surface area contributed by atoms with E-state index in [2.05, 4.69) is 10.2 Å². The van der Waals surface area contributed by atoms with Gasteiger partial charge in [0.1, 0.15) is 5.75 Å². The summed E-state index contributed by atoms with van der Waals surface area (Å²) < 4.78 is 5.37. The summed E-state index contributed by atoms with van der Waals surface area (Å²) in [6, 6.07) is 5.08. The zero-order valence-corrected chi connectivity index (χ0v) is 11.9. The fourth-order valence-electron chi connectivity index (χ4n) is 1.66. The van der Waals surface area contributed by atoms with Gasteiger partial charge in [0.15, 0.2) is 0 Å². The van der Waals surface area contributed by atoms with Gasteiger partial charge >= 0.3 is 0 Å². The predicted octanol–water partition coefficient (Wildman–Crippen LogP) is 1.35. The number of hydrogen-bond donors (Lipinski definition) is 2. The average molecular weight is 265 g/mol. The molecular weight excluding hydrogens is 242 g/mol. The lowest BCUT2D eigenvalue weighted by Crippen LogP contribution is -2.27. The first-order valence-corrected chi connectivity index (χ1v) is 6.49. The molecule has 1 aromatic rings. The van der Waals surface area contributed by atoms with Gasteiger partial charge in [-0.3, -0.25) is 4.79 Å². The van der Waals surface area contributed by atoms with Crippen LogP contribution in [0.4, 0.5) is 5.69 Å². The highest BCUT2D eigenvalue weighted by Gasteiger charge is 2.08. The zero-order valence-electron chi connectivity index (χ0n) is 11.9. The Balaban J connectivity index is 2.54. The van der Waals surface area contributed by atoms with Gasteiger partial charge in [-0.05, 0) is 52.2 Å². The summed E-state index contributed by atoms with van der Waals surface area (Å²) in [6.07, 6.45) is 0.923. The maximum atomic E-state index is 11.9. The number of nitrogens with one attached hydrogen (secondary N) is 1. The Morgan fingerprint density at radius 3 is 2.79 bits per heavy atom. The number of ether oxygens (including phenoxy) is 1. The van der Waals surface area contributed by atoms with Gasteiger partial charge in [0.25, 0.3) is 5.91 Å². The molecule has 0 fully saturated rings. The van der Waals surface area contributed by atoms with Crippen LogP contribution in [0, 0.1) is 0 Å². The molecule has 0 atom stereocenters. The molecule has 0 unspecified atom stereocenters. The molecule has 5 nitrogen and oxygen atoms in total. The molecule has 0 spiro atoms. The molecule has 0 aliphatic heterocycles. The number of nitrogens with zero attached hydrogens (tertiary/aromatic N) is 1. The number of nitrogen functional groups attached to an aromatic ring is 1. The summed E-state index contributed by atoms with van der Waals surface area (Å²) in [4.78, 5) is 14.0. The molecule has 3 N–H and O–H groups in total. The third-order valence-corrected chi connectivity index (χ3v) is 2.64. The molecular formula is C14H23N3O2. The molecule has 0 heterocycles. The maximum absolute atomic E-state index is 11.9. The van der Waals surface area contributed by atoms with Crippen molar-refractivity contribution in [1.82, 2.24) is 10.2 Å². The topological polar surface area (TPSA) is 67.6 Å². The first-order chi connectivity index (χ1) is 9.04. The molecule has 0 radical (unpaired) electrons. The lowest BCUT2D eigenvalue weighted by molar-refractivity contribution is 0.0952. The minimum atomic E-state index is -0.0975. The van der Waals surface area contributed by atoms with Crippen LogP contribution in [0.25, 0.3) is 0 Å². The molecule has 19 heavy (non-hydrogen) atoms. The van der Waals surface area contributed by atoms with E-state index in [1.54, 1.807) is 18.2 Å². The first kappa shape index (κ1) is 15.3. The van der Waals surface area contributed by atoms with Crippen LogP contribution in [0.5, 0.6) is 5.75 Å². The van der Waals surface area contributed by atoms with Gasteiger partial charge in [-0.25, -0.2) is 0 Å². The molecule has 0 saturated carbocycles. The van der Waals surface area contributed by atoms with E-state index < -0.39 is 0 Å². The molecule has 1 rings (SSSR count). The molecule has 0 aliphatic carbocycles. The van der Waals surface area contributed by atoms with Gasteiger partial charge in [-0.1, -0.05) is 0 Å². The second-order valence-electron chi connectivity index (χ2n) is 4.60. The van der Waals surface area contributed by atoms with Crippen LogP contribution < -0.4 is 15.8 Å². The Morgan fingerprint density at radius 1 is 1.42 bits per heavy atom. The van der Waals surface area contributed by atoms with Gasteiger partial charge in [-0.15, -0.1) is 0 Å². The summed E-state index contributed by atoms with van der Waals surface area (Å²) in [5, 5.41) is 2.88. The number of anilines is 1. The normalized spacial score (nSPS) is 10.5. The fourth-order valence-corrected chi connectivity index (χ4v) is 1.66. The second kappa shape index (κ2) is 7.63. The Kier molecular flexibility index (Phi) is 6.15. The minimum absolute atomic E-state index is 0.0975. The van der Waals surface area contributed by atoms with E-state index in [9.17, 15) is 4.79 Å². The van der Waals surface area contributed by atoms with Crippen molar-refractivity contribution in [3.8, 4) is 5.75 Å². The van der Waals surface area contributed by atoms with Crippen molar-refractivity contribution < 1.29 is 9.53 Å². The molecule has 1 aromatic carbocycles. The van der Waals surface area contributed by atoms with Crippen molar-refractivity contribution in [3.05, 3.63) is 23.8 Å². The highest BCUT2D eigenvalue weighted by atomic mass is 16.5. The van der Waals surface area contributed by atoms with Crippen molar-refractivity contribution in [2.75, 3.05) is 39.5 Å². The number of carbonyl (C=O) groups is 1. The predicted molar refractivity (Wildman–Crippen MR) is 77.5 cm³/mol. The Hall–Kier alpha value is -1.75. The van der Waals surface area contributed by atoms with Gasteiger partial charge in [-0.2, -0.15) is 0 Å². The monoisotopic (exact) mass is 265 g/mol. The van der Waals surface area contributed by atoms with E-state index in [0.29, 0.717) is 30.2 Å². The van der Waals surface area contributed by atoms with E-state index >= 15 is 0 Å². The maximum Gasteiger partial charge on any atom is 0.251 e. The van der Waals surface area contributed by atoms with E-state index in [0.717, 1.165) is 13.0 Å². The van der Waals surface area contributed by atoms with Crippen LogP contribution in [-0.4, -0.2) is 44.6 Å². The molecule has 5 heteroatoms. The van der Waals surface area contributed by atoms with Crippen molar-refractivity contribution in [1.29, 1.82) is 0 Å². The van der Waals surface area contributed by atoms with Crippen LogP contribution >= 0.6 is 0 Å². The minimum Gasteiger partial charge on any atom is -0.492 e. The molecule has 0 aromatic heterocycles. The van der Waals surface area contributed by atoms with Crippen LogP contribution in [0.3, 0.4) is 0 Å². The van der Waals surface area contributed by atoms with E-state index in [1.165, 1.54) is 0 Å².